The number of carbonyl (C=O) groups excluding carboxylic acids is 1. The molecular formula is C15H19NO4S. The molecule has 2 atom stereocenters. The first-order valence-corrected chi connectivity index (χ1v) is 7.99. The summed E-state index contributed by atoms with van der Waals surface area (Å²) in [6, 6.07) is 8.51. The molecule has 1 aliphatic rings. The van der Waals surface area contributed by atoms with Crippen molar-refractivity contribution in [3.63, 3.8) is 0 Å². The molecular weight excluding hydrogens is 290 g/mol. The Labute approximate surface area is 128 Å². The van der Waals surface area contributed by atoms with Crippen molar-refractivity contribution in [1.29, 1.82) is 0 Å². The van der Waals surface area contributed by atoms with Crippen LogP contribution in [0.5, 0.6) is 0 Å². The Morgan fingerprint density at radius 1 is 1.43 bits per heavy atom. The molecule has 1 aromatic carbocycles. The lowest BCUT2D eigenvalue weighted by atomic mass is 9.98. The zero-order valence-corrected chi connectivity index (χ0v) is 12.7. The van der Waals surface area contributed by atoms with E-state index in [-0.39, 0.29) is 12.5 Å². The number of nitrogens with zero attached hydrogens (tertiary/aromatic N) is 1. The molecule has 0 bridgehead atoms. The van der Waals surface area contributed by atoms with Gasteiger partial charge in [0.2, 0.25) is 0 Å². The summed E-state index contributed by atoms with van der Waals surface area (Å²) in [5, 5.41) is 9.38. The summed E-state index contributed by atoms with van der Waals surface area (Å²) in [6.45, 7) is 0.149. The standard InChI is InChI=1S/C15H19NO4S/c1-16(13(14(17)18)12-7-8-21-10-12)15(19)20-9-11-5-3-2-4-6-11/h2-6,12-13H,7-10H2,1H3,(H,17,18). The summed E-state index contributed by atoms with van der Waals surface area (Å²) in [4.78, 5) is 24.7. The Hall–Kier alpha value is -1.69. The monoisotopic (exact) mass is 309 g/mol. The fraction of sp³-hybridized carbons (Fsp3) is 0.467. The average Bonchev–Trinajstić information content (AvgIpc) is 2.99. The highest BCUT2D eigenvalue weighted by molar-refractivity contribution is 7.99. The van der Waals surface area contributed by atoms with Gasteiger partial charge in [0, 0.05) is 13.0 Å². The van der Waals surface area contributed by atoms with Crippen LogP contribution >= 0.6 is 11.8 Å². The predicted octanol–water partition coefficient (Wildman–Crippen LogP) is 2.46. The largest absolute Gasteiger partial charge is 0.480 e. The number of carboxylic acid groups (broad SMARTS) is 1. The summed E-state index contributed by atoms with van der Waals surface area (Å²) in [5.41, 5.74) is 0.877. The molecule has 1 saturated heterocycles. The van der Waals surface area contributed by atoms with Crippen LogP contribution in [0.1, 0.15) is 12.0 Å². The predicted molar refractivity (Wildman–Crippen MR) is 81.2 cm³/mol. The topological polar surface area (TPSA) is 66.8 Å². The van der Waals surface area contributed by atoms with Crippen molar-refractivity contribution in [2.75, 3.05) is 18.6 Å². The SMILES string of the molecule is CN(C(=O)OCc1ccccc1)C(C(=O)O)C1CCSC1. The van der Waals surface area contributed by atoms with Gasteiger partial charge in [-0.2, -0.15) is 11.8 Å². The number of amides is 1. The van der Waals surface area contributed by atoms with Crippen LogP contribution < -0.4 is 0 Å². The molecule has 0 saturated carbocycles. The number of hydrogen-bond acceptors (Lipinski definition) is 4. The van der Waals surface area contributed by atoms with Gasteiger partial charge in [-0.25, -0.2) is 9.59 Å². The first-order valence-electron chi connectivity index (χ1n) is 6.83. The Morgan fingerprint density at radius 3 is 2.71 bits per heavy atom. The minimum atomic E-state index is -0.971. The van der Waals surface area contributed by atoms with Gasteiger partial charge >= 0.3 is 12.1 Å². The second-order valence-electron chi connectivity index (χ2n) is 5.06. The molecule has 2 unspecified atom stereocenters. The van der Waals surface area contributed by atoms with E-state index < -0.39 is 18.1 Å². The van der Waals surface area contributed by atoms with E-state index in [2.05, 4.69) is 0 Å². The Balaban J connectivity index is 1.94. The molecule has 0 aromatic heterocycles. The van der Waals surface area contributed by atoms with Crippen LogP contribution in [-0.4, -0.2) is 46.7 Å². The van der Waals surface area contributed by atoms with Crippen LogP contribution in [0, 0.1) is 5.92 Å². The Morgan fingerprint density at radius 2 is 2.14 bits per heavy atom. The van der Waals surface area contributed by atoms with Gasteiger partial charge < -0.3 is 9.84 Å². The molecule has 6 heteroatoms. The average molecular weight is 309 g/mol. The van der Waals surface area contributed by atoms with E-state index in [1.54, 1.807) is 11.8 Å². The highest BCUT2D eigenvalue weighted by Crippen LogP contribution is 2.29. The third-order valence-electron chi connectivity index (χ3n) is 3.57. The molecule has 21 heavy (non-hydrogen) atoms. The van der Waals surface area contributed by atoms with E-state index in [4.69, 9.17) is 4.74 Å². The molecule has 0 aliphatic carbocycles. The maximum absolute atomic E-state index is 12.1. The van der Waals surface area contributed by atoms with E-state index >= 15 is 0 Å². The third kappa shape index (κ3) is 4.14. The molecule has 1 fully saturated rings. The van der Waals surface area contributed by atoms with Gasteiger partial charge in [-0.05, 0) is 23.5 Å². The zero-order valence-electron chi connectivity index (χ0n) is 11.9. The molecule has 2 rings (SSSR count). The van der Waals surface area contributed by atoms with Gasteiger partial charge in [0.15, 0.2) is 0 Å². The van der Waals surface area contributed by atoms with Gasteiger partial charge in [-0.3, -0.25) is 4.90 Å². The number of likely N-dealkylation sites (N-methyl/N-ethyl adjacent to an activating group) is 1. The minimum absolute atomic E-state index is 0.0122. The summed E-state index contributed by atoms with van der Waals surface area (Å²) in [6.07, 6.45) is 0.223. The van der Waals surface area contributed by atoms with Crippen LogP contribution in [-0.2, 0) is 16.1 Å². The molecule has 1 amide bonds. The maximum atomic E-state index is 12.1. The molecule has 0 radical (unpaired) electrons. The van der Waals surface area contributed by atoms with E-state index in [0.29, 0.717) is 0 Å². The van der Waals surface area contributed by atoms with E-state index in [0.717, 1.165) is 23.5 Å². The number of carboxylic acids is 1. The number of aliphatic carboxylic acids is 1. The van der Waals surface area contributed by atoms with Crippen molar-refractivity contribution in [2.45, 2.75) is 19.1 Å². The van der Waals surface area contributed by atoms with Crippen LogP contribution in [0.15, 0.2) is 30.3 Å². The van der Waals surface area contributed by atoms with Crippen molar-refractivity contribution in [1.82, 2.24) is 4.90 Å². The summed E-state index contributed by atoms with van der Waals surface area (Å²) in [7, 11) is 1.50. The fourth-order valence-corrected chi connectivity index (χ4v) is 3.71. The molecule has 1 heterocycles. The fourth-order valence-electron chi connectivity index (χ4n) is 2.42. The smallest absolute Gasteiger partial charge is 0.410 e. The van der Waals surface area contributed by atoms with E-state index in [1.165, 1.54) is 11.9 Å². The molecule has 0 spiro atoms. The quantitative estimate of drug-likeness (QED) is 0.905. The molecule has 1 N–H and O–H groups in total. The number of thioether (sulfide) groups is 1. The van der Waals surface area contributed by atoms with Gasteiger partial charge in [0.25, 0.3) is 0 Å². The number of carbonyl (C=O) groups is 2. The Kier molecular flexibility index (Phi) is 5.50. The lowest BCUT2D eigenvalue weighted by molar-refractivity contribution is -0.144. The number of rotatable bonds is 5. The second-order valence-corrected chi connectivity index (χ2v) is 6.21. The first kappa shape index (κ1) is 15.7. The molecule has 1 aliphatic heterocycles. The molecule has 1 aromatic rings. The first-order chi connectivity index (χ1) is 10.1. The number of benzene rings is 1. The van der Waals surface area contributed by atoms with Gasteiger partial charge in [-0.15, -0.1) is 0 Å². The van der Waals surface area contributed by atoms with Gasteiger partial charge in [0.05, 0.1) is 0 Å². The summed E-state index contributed by atoms with van der Waals surface area (Å²) < 4.78 is 5.20. The van der Waals surface area contributed by atoms with Crippen molar-refractivity contribution in [3.05, 3.63) is 35.9 Å². The van der Waals surface area contributed by atoms with Crippen LogP contribution in [0.4, 0.5) is 4.79 Å². The van der Waals surface area contributed by atoms with Crippen molar-refractivity contribution in [2.24, 2.45) is 5.92 Å². The lowest BCUT2D eigenvalue weighted by Gasteiger charge is -2.28. The van der Waals surface area contributed by atoms with Crippen LogP contribution in [0.2, 0.25) is 0 Å². The maximum Gasteiger partial charge on any atom is 0.410 e. The summed E-state index contributed by atoms with van der Waals surface area (Å²) in [5.74, 6) is 0.734. The van der Waals surface area contributed by atoms with E-state index in [1.807, 2.05) is 30.3 Å². The number of hydrogen-bond donors (Lipinski definition) is 1. The second kappa shape index (κ2) is 7.36. The van der Waals surface area contributed by atoms with Gasteiger partial charge in [-0.1, -0.05) is 30.3 Å². The van der Waals surface area contributed by atoms with E-state index in [9.17, 15) is 14.7 Å². The Bertz CT molecular complexity index is 488. The molecule has 5 nitrogen and oxygen atoms in total. The van der Waals surface area contributed by atoms with Crippen LogP contribution in [0.25, 0.3) is 0 Å². The van der Waals surface area contributed by atoms with Crippen molar-refractivity contribution >= 4 is 23.8 Å². The normalized spacial score (nSPS) is 19.0. The van der Waals surface area contributed by atoms with Crippen molar-refractivity contribution < 1.29 is 19.4 Å². The van der Waals surface area contributed by atoms with Crippen molar-refractivity contribution in [3.8, 4) is 0 Å². The number of ether oxygens (including phenoxy) is 1. The minimum Gasteiger partial charge on any atom is -0.480 e. The highest BCUT2D eigenvalue weighted by Gasteiger charge is 2.36. The third-order valence-corrected chi connectivity index (χ3v) is 4.76. The van der Waals surface area contributed by atoms with Gasteiger partial charge in [0.1, 0.15) is 12.6 Å². The summed E-state index contributed by atoms with van der Waals surface area (Å²) >= 11 is 1.73. The molecule has 114 valence electrons. The van der Waals surface area contributed by atoms with Crippen LogP contribution in [0.3, 0.4) is 0 Å². The highest BCUT2D eigenvalue weighted by atomic mass is 32.2. The lowest BCUT2D eigenvalue weighted by Crippen LogP contribution is -2.47. The zero-order chi connectivity index (χ0) is 15.2.